The van der Waals surface area contributed by atoms with E-state index in [0.29, 0.717) is 10.8 Å². The molecule has 0 radical (unpaired) electrons. The third-order valence-electron chi connectivity index (χ3n) is 4.65. The fourth-order valence-electron chi connectivity index (χ4n) is 3.32. The highest BCUT2D eigenvalue weighted by Crippen LogP contribution is 2.24. The van der Waals surface area contributed by atoms with Crippen molar-refractivity contribution in [1.82, 2.24) is 19.8 Å². The van der Waals surface area contributed by atoms with Gasteiger partial charge in [0.15, 0.2) is 5.65 Å². The number of benzene rings is 2. The number of anilines is 1. The summed E-state index contributed by atoms with van der Waals surface area (Å²) in [5.74, 6) is 0.133. The van der Waals surface area contributed by atoms with E-state index in [0.717, 1.165) is 32.5 Å². The average Bonchev–Trinajstić information content (AvgIpc) is 3.12. The summed E-state index contributed by atoms with van der Waals surface area (Å²) in [7, 11) is 0. The van der Waals surface area contributed by atoms with Crippen molar-refractivity contribution in [3.8, 4) is 11.3 Å². The molecule has 0 unspecified atom stereocenters. The van der Waals surface area contributed by atoms with E-state index in [1.807, 2.05) is 57.2 Å². The number of aromatic nitrogens is 4. The number of hydrogen-bond acceptors (Lipinski definition) is 5. The van der Waals surface area contributed by atoms with Crippen molar-refractivity contribution in [3.05, 3.63) is 69.7 Å². The maximum absolute atomic E-state index is 12.5. The lowest BCUT2D eigenvalue weighted by Gasteiger charge is -2.12. The lowest BCUT2D eigenvalue weighted by Crippen LogP contribution is -2.16. The molecule has 8 heteroatoms. The molecule has 0 spiro atoms. The van der Waals surface area contributed by atoms with Gasteiger partial charge in [-0.1, -0.05) is 57.5 Å². The molecule has 0 aliphatic carbocycles. The van der Waals surface area contributed by atoms with Gasteiger partial charge in [-0.15, -0.1) is 10.2 Å². The van der Waals surface area contributed by atoms with Crippen LogP contribution in [-0.2, 0) is 4.79 Å². The van der Waals surface area contributed by atoms with Crippen LogP contribution in [0, 0.1) is 20.8 Å². The van der Waals surface area contributed by atoms with Crippen LogP contribution in [0.25, 0.3) is 16.9 Å². The Kier molecular flexibility index (Phi) is 5.87. The molecule has 2 aromatic heterocycles. The van der Waals surface area contributed by atoms with Crippen LogP contribution in [0.2, 0.25) is 0 Å². The SMILES string of the molecule is Cc1cc(C)c(NC(=O)CSc2nnc3ccc(-c4ccc(Br)cc4)nn23)c(C)c1. The molecule has 1 amide bonds. The highest BCUT2D eigenvalue weighted by atomic mass is 79.9. The van der Waals surface area contributed by atoms with Gasteiger partial charge in [-0.2, -0.15) is 9.61 Å². The predicted octanol–water partition coefficient (Wildman–Crippen LogP) is 5.21. The normalized spacial score (nSPS) is 11.1. The number of carbonyl (C=O) groups excluding carboxylic acids is 1. The molecule has 0 aliphatic heterocycles. The maximum atomic E-state index is 12.5. The van der Waals surface area contributed by atoms with Crippen LogP contribution in [0.15, 0.2) is 58.2 Å². The molecule has 2 aromatic carbocycles. The van der Waals surface area contributed by atoms with Crippen molar-refractivity contribution < 1.29 is 4.79 Å². The largest absolute Gasteiger partial charge is 0.325 e. The van der Waals surface area contributed by atoms with Crippen molar-refractivity contribution in [2.45, 2.75) is 25.9 Å². The molecule has 0 saturated carbocycles. The van der Waals surface area contributed by atoms with Gasteiger partial charge >= 0.3 is 0 Å². The van der Waals surface area contributed by atoms with Gasteiger partial charge in [0.1, 0.15) is 0 Å². The molecule has 0 saturated heterocycles. The molecule has 0 atom stereocenters. The van der Waals surface area contributed by atoms with E-state index in [4.69, 9.17) is 0 Å². The van der Waals surface area contributed by atoms with Gasteiger partial charge in [-0.05, 0) is 56.2 Å². The van der Waals surface area contributed by atoms with Crippen molar-refractivity contribution >= 4 is 44.9 Å². The first kappa shape index (κ1) is 20.6. The zero-order valence-electron chi connectivity index (χ0n) is 16.8. The fraction of sp³-hybridized carbons (Fsp3) is 0.182. The standard InChI is InChI=1S/C22H20BrN5OS/c1-13-10-14(2)21(15(3)11-13)24-20(29)12-30-22-26-25-19-9-8-18(27-28(19)22)16-4-6-17(23)7-5-16/h4-11H,12H2,1-3H3,(H,24,29). The molecular weight excluding hydrogens is 462 g/mol. The summed E-state index contributed by atoms with van der Waals surface area (Å²) < 4.78 is 2.69. The lowest BCUT2D eigenvalue weighted by molar-refractivity contribution is -0.113. The summed E-state index contributed by atoms with van der Waals surface area (Å²) in [5.41, 5.74) is 6.61. The van der Waals surface area contributed by atoms with Crippen LogP contribution in [-0.4, -0.2) is 31.5 Å². The van der Waals surface area contributed by atoms with Crippen LogP contribution in [0.3, 0.4) is 0 Å². The number of nitrogens with one attached hydrogen (secondary N) is 1. The first-order valence-corrected chi connectivity index (χ1v) is 11.2. The first-order valence-electron chi connectivity index (χ1n) is 9.39. The molecule has 0 bridgehead atoms. The molecular formula is C22H20BrN5OS. The van der Waals surface area contributed by atoms with Crippen LogP contribution >= 0.6 is 27.7 Å². The average molecular weight is 482 g/mol. The number of carbonyl (C=O) groups is 1. The lowest BCUT2D eigenvalue weighted by atomic mass is 10.1. The molecule has 4 aromatic rings. The molecule has 30 heavy (non-hydrogen) atoms. The third-order valence-corrected chi connectivity index (χ3v) is 6.10. The Bertz CT molecular complexity index is 1210. The smallest absolute Gasteiger partial charge is 0.234 e. The number of amides is 1. The molecule has 0 aliphatic rings. The van der Waals surface area contributed by atoms with Crippen LogP contribution in [0.4, 0.5) is 5.69 Å². The van der Waals surface area contributed by atoms with Crippen molar-refractivity contribution in [3.63, 3.8) is 0 Å². The van der Waals surface area contributed by atoms with Crippen LogP contribution < -0.4 is 5.32 Å². The van der Waals surface area contributed by atoms with E-state index in [1.54, 1.807) is 4.52 Å². The minimum Gasteiger partial charge on any atom is -0.325 e. The number of nitrogens with zero attached hydrogens (tertiary/aromatic N) is 4. The Morgan fingerprint density at radius 2 is 1.73 bits per heavy atom. The first-order chi connectivity index (χ1) is 14.4. The minimum absolute atomic E-state index is 0.0872. The minimum atomic E-state index is -0.0872. The van der Waals surface area contributed by atoms with Crippen molar-refractivity contribution in [1.29, 1.82) is 0 Å². The Hall–Kier alpha value is -2.71. The number of halogens is 1. The quantitative estimate of drug-likeness (QED) is 0.396. The number of hydrogen-bond donors (Lipinski definition) is 1. The number of rotatable bonds is 5. The Morgan fingerprint density at radius 3 is 2.43 bits per heavy atom. The fourth-order valence-corrected chi connectivity index (χ4v) is 4.27. The van der Waals surface area contributed by atoms with Crippen LogP contribution in [0.1, 0.15) is 16.7 Å². The Labute approximate surface area is 187 Å². The van der Waals surface area contributed by atoms with Crippen molar-refractivity contribution in [2.24, 2.45) is 0 Å². The Morgan fingerprint density at radius 1 is 1.03 bits per heavy atom. The number of aryl methyl sites for hydroxylation is 3. The second-order valence-corrected chi connectivity index (χ2v) is 8.95. The molecule has 2 heterocycles. The summed E-state index contributed by atoms with van der Waals surface area (Å²) in [6.07, 6.45) is 0. The maximum Gasteiger partial charge on any atom is 0.234 e. The second kappa shape index (κ2) is 8.57. The summed E-state index contributed by atoms with van der Waals surface area (Å²) >= 11 is 4.76. The topological polar surface area (TPSA) is 72.2 Å². The second-order valence-electron chi connectivity index (χ2n) is 7.09. The summed E-state index contributed by atoms with van der Waals surface area (Å²) in [6.45, 7) is 6.05. The van der Waals surface area contributed by atoms with Gasteiger partial charge in [0.25, 0.3) is 0 Å². The van der Waals surface area contributed by atoms with E-state index in [9.17, 15) is 4.79 Å². The summed E-state index contributed by atoms with van der Waals surface area (Å²) in [5, 5.41) is 16.6. The van der Waals surface area contributed by atoms with E-state index >= 15 is 0 Å². The van der Waals surface area contributed by atoms with E-state index in [1.165, 1.54) is 17.3 Å². The van der Waals surface area contributed by atoms with Gasteiger partial charge in [0.05, 0.1) is 11.4 Å². The van der Waals surface area contributed by atoms with Gasteiger partial charge in [-0.25, -0.2) is 0 Å². The molecule has 4 rings (SSSR count). The van der Waals surface area contributed by atoms with E-state index in [-0.39, 0.29) is 11.7 Å². The zero-order chi connectivity index (χ0) is 21.3. The molecule has 6 nitrogen and oxygen atoms in total. The van der Waals surface area contributed by atoms with Gasteiger partial charge in [-0.3, -0.25) is 4.79 Å². The highest BCUT2D eigenvalue weighted by molar-refractivity contribution is 9.10. The van der Waals surface area contributed by atoms with Crippen LogP contribution in [0.5, 0.6) is 0 Å². The van der Waals surface area contributed by atoms with Gasteiger partial charge < -0.3 is 5.32 Å². The molecule has 1 N–H and O–H groups in total. The molecule has 0 fully saturated rings. The highest BCUT2D eigenvalue weighted by Gasteiger charge is 2.13. The number of fused-ring (bicyclic) bond motifs is 1. The zero-order valence-corrected chi connectivity index (χ0v) is 19.2. The molecule has 152 valence electrons. The van der Waals surface area contributed by atoms with E-state index < -0.39 is 0 Å². The van der Waals surface area contributed by atoms with Gasteiger partial charge in [0.2, 0.25) is 11.1 Å². The Balaban J connectivity index is 1.51. The third kappa shape index (κ3) is 4.39. The van der Waals surface area contributed by atoms with Gasteiger partial charge in [0, 0.05) is 15.7 Å². The monoisotopic (exact) mass is 481 g/mol. The predicted molar refractivity (Wildman–Crippen MR) is 124 cm³/mol. The van der Waals surface area contributed by atoms with Crippen molar-refractivity contribution in [2.75, 3.05) is 11.1 Å². The summed E-state index contributed by atoms with van der Waals surface area (Å²) in [4.78, 5) is 12.5. The summed E-state index contributed by atoms with van der Waals surface area (Å²) in [6, 6.07) is 15.9. The number of thioether (sulfide) groups is 1. The van der Waals surface area contributed by atoms with E-state index in [2.05, 4.69) is 48.7 Å².